The third-order valence-corrected chi connectivity index (χ3v) is 3.57. The van der Waals surface area contributed by atoms with Gasteiger partial charge in [-0.15, -0.1) is 0 Å². The average molecular weight is 284 g/mol. The summed E-state index contributed by atoms with van der Waals surface area (Å²) < 4.78 is 0. The van der Waals surface area contributed by atoms with E-state index in [1.165, 1.54) is 4.90 Å². The first-order valence-corrected chi connectivity index (χ1v) is 6.63. The van der Waals surface area contributed by atoms with E-state index >= 15 is 0 Å². The molecule has 2 rings (SSSR count). The maximum absolute atomic E-state index is 12.2. The number of carbonyl (C=O) groups excluding carboxylic acids is 1. The number of hydrogen-bond donors (Lipinski definition) is 3. The summed E-state index contributed by atoms with van der Waals surface area (Å²) in [5.41, 5.74) is 6.54. The third-order valence-electron chi connectivity index (χ3n) is 3.23. The summed E-state index contributed by atoms with van der Waals surface area (Å²) in [4.78, 5) is 13.7. The molecule has 3 N–H and O–H groups in total. The lowest BCUT2D eigenvalue weighted by Gasteiger charge is -2.24. The molecule has 0 aromatic heterocycles. The van der Waals surface area contributed by atoms with Gasteiger partial charge < -0.3 is 10.0 Å². The van der Waals surface area contributed by atoms with Crippen LogP contribution in [0.15, 0.2) is 24.3 Å². The van der Waals surface area contributed by atoms with Crippen molar-refractivity contribution in [1.29, 1.82) is 0 Å². The van der Waals surface area contributed by atoms with Crippen molar-refractivity contribution in [2.45, 2.75) is 18.6 Å². The third kappa shape index (κ3) is 3.45. The second kappa shape index (κ2) is 6.34. The molecular weight excluding hydrogens is 266 g/mol. The van der Waals surface area contributed by atoms with E-state index in [-0.39, 0.29) is 11.9 Å². The topological polar surface area (TPSA) is 64.6 Å². The first kappa shape index (κ1) is 14.3. The minimum absolute atomic E-state index is 0.215. The van der Waals surface area contributed by atoms with Crippen LogP contribution in [0, 0.1) is 0 Å². The van der Waals surface area contributed by atoms with Gasteiger partial charge in [0.05, 0.1) is 0 Å². The predicted octanol–water partition coefficient (Wildman–Crippen LogP) is 0.698. The fourth-order valence-corrected chi connectivity index (χ4v) is 2.37. The second-order valence-electron chi connectivity index (χ2n) is 4.70. The molecule has 1 aromatic carbocycles. The van der Waals surface area contributed by atoms with E-state index in [9.17, 15) is 9.90 Å². The Hall–Kier alpha value is -1.14. The molecule has 0 aliphatic carbocycles. The zero-order valence-electron chi connectivity index (χ0n) is 10.8. The number of carbonyl (C=O) groups is 1. The fourth-order valence-electron chi connectivity index (χ4n) is 2.13. The number of amides is 1. The van der Waals surface area contributed by atoms with Crippen LogP contribution in [-0.4, -0.2) is 42.1 Å². The highest BCUT2D eigenvalue weighted by atomic mass is 35.5. The van der Waals surface area contributed by atoms with Crippen molar-refractivity contribution >= 4 is 17.5 Å². The highest BCUT2D eigenvalue weighted by molar-refractivity contribution is 6.31. The molecule has 1 aromatic rings. The van der Waals surface area contributed by atoms with Crippen LogP contribution in [0.25, 0.3) is 0 Å². The lowest BCUT2D eigenvalue weighted by Crippen LogP contribution is -2.42. The Labute approximate surface area is 117 Å². The van der Waals surface area contributed by atoms with Crippen molar-refractivity contribution in [3.63, 3.8) is 0 Å². The van der Waals surface area contributed by atoms with Gasteiger partial charge in [0.1, 0.15) is 0 Å². The number of likely N-dealkylation sites (N-methyl/N-ethyl adjacent to an activating group) is 1. The summed E-state index contributed by atoms with van der Waals surface area (Å²) in [6.45, 7) is 1.44. The Morgan fingerprint density at radius 1 is 1.58 bits per heavy atom. The molecule has 5 nitrogen and oxygen atoms in total. The van der Waals surface area contributed by atoms with Crippen LogP contribution in [0.3, 0.4) is 0 Å². The van der Waals surface area contributed by atoms with E-state index in [2.05, 4.69) is 10.9 Å². The molecule has 2 atom stereocenters. The Morgan fingerprint density at radius 2 is 2.32 bits per heavy atom. The van der Waals surface area contributed by atoms with Gasteiger partial charge in [0.15, 0.2) is 6.10 Å². The molecule has 1 fully saturated rings. The van der Waals surface area contributed by atoms with Gasteiger partial charge in [0, 0.05) is 36.8 Å². The zero-order chi connectivity index (χ0) is 13.8. The predicted molar refractivity (Wildman–Crippen MR) is 73.6 cm³/mol. The minimum Gasteiger partial charge on any atom is -0.378 e. The Kier molecular flexibility index (Phi) is 4.76. The van der Waals surface area contributed by atoms with Crippen molar-refractivity contribution in [3.05, 3.63) is 34.9 Å². The number of halogens is 1. The molecule has 2 unspecified atom stereocenters. The van der Waals surface area contributed by atoms with E-state index in [0.29, 0.717) is 17.1 Å². The fraction of sp³-hybridized carbons (Fsp3) is 0.462. The number of rotatable bonds is 4. The van der Waals surface area contributed by atoms with Crippen LogP contribution < -0.4 is 10.9 Å². The first-order valence-electron chi connectivity index (χ1n) is 6.25. The molecule has 1 aliphatic heterocycles. The highest BCUT2D eigenvalue weighted by Gasteiger charge is 2.25. The number of nitrogens with one attached hydrogen (secondary N) is 2. The normalized spacial score (nSPS) is 20.3. The molecule has 1 saturated heterocycles. The van der Waals surface area contributed by atoms with Crippen molar-refractivity contribution in [2.75, 3.05) is 20.1 Å². The maximum Gasteiger partial charge on any atom is 0.255 e. The average Bonchev–Trinajstić information content (AvgIpc) is 2.90. The lowest BCUT2D eigenvalue weighted by molar-refractivity contribution is -0.139. The van der Waals surface area contributed by atoms with E-state index in [4.69, 9.17) is 11.6 Å². The van der Waals surface area contributed by atoms with Crippen molar-refractivity contribution < 1.29 is 9.90 Å². The van der Waals surface area contributed by atoms with Gasteiger partial charge in [0.25, 0.3) is 5.91 Å². The summed E-state index contributed by atoms with van der Waals surface area (Å²) in [6.07, 6.45) is -0.257. The summed E-state index contributed by atoms with van der Waals surface area (Å²) in [5, 5.41) is 10.5. The van der Waals surface area contributed by atoms with E-state index in [1.54, 1.807) is 31.3 Å². The van der Waals surface area contributed by atoms with Crippen molar-refractivity contribution in [1.82, 2.24) is 15.8 Å². The van der Waals surface area contributed by atoms with Gasteiger partial charge in [-0.2, -0.15) is 0 Å². The van der Waals surface area contributed by atoms with Crippen molar-refractivity contribution in [2.24, 2.45) is 0 Å². The lowest BCUT2D eigenvalue weighted by atomic mass is 10.1. The van der Waals surface area contributed by atoms with Crippen molar-refractivity contribution in [3.8, 4) is 0 Å². The molecule has 0 radical (unpaired) electrons. The van der Waals surface area contributed by atoms with E-state index < -0.39 is 6.10 Å². The second-order valence-corrected chi connectivity index (χ2v) is 5.11. The SMILES string of the molecule is CN(CC1CCNN1)C(=O)C(O)c1ccccc1Cl. The van der Waals surface area contributed by atoms with Gasteiger partial charge >= 0.3 is 0 Å². The molecular formula is C13H18ClN3O2. The van der Waals surface area contributed by atoms with Gasteiger partial charge in [-0.1, -0.05) is 29.8 Å². The standard InChI is InChI=1S/C13H18ClN3O2/c1-17(8-9-6-7-15-16-9)13(19)12(18)10-4-2-3-5-11(10)14/h2-5,9,12,15-16,18H,6-8H2,1H3. The minimum atomic E-state index is -1.21. The molecule has 1 heterocycles. The van der Waals surface area contributed by atoms with Crippen LogP contribution in [0.4, 0.5) is 0 Å². The molecule has 19 heavy (non-hydrogen) atoms. The quantitative estimate of drug-likeness (QED) is 0.761. The van der Waals surface area contributed by atoms with Crippen LogP contribution in [0.2, 0.25) is 5.02 Å². The van der Waals surface area contributed by atoms with Gasteiger partial charge in [0.2, 0.25) is 0 Å². The summed E-state index contributed by atoms with van der Waals surface area (Å²) >= 11 is 5.99. The molecule has 0 spiro atoms. The monoisotopic (exact) mass is 283 g/mol. The van der Waals surface area contributed by atoms with Gasteiger partial charge in [-0.05, 0) is 12.5 Å². The molecule has 6 heteroatoms. The zero-order valence-corrected chi connectivity index (χ0v) is 11.5. The molecule has 1 aliphatic rings. The largest absolute Gasteiger partial charge is 0.378 e. The highest BCUT2D eigenvalue weighted by Crippen LogP contribution is 2.23. The van der Waals surface area contributed by atoms with Crippen LogP contribution in [-0.2, 0) is 4.79 Å². The maximum atomic E-state index is 12.2. The molecule has 0 bridgehead atoms. The van der Waals surface area contributed by atoms with E-state index in [0.717, 1.165) is 13.0 Å². The summed E-state index contributed by atoms with van der Waals surface area (Å²) in [6, 6.07) is 7.05. The molecule has 104 valence electrons. The number of nitrogens with zero attached hydrogens (tertiary/aromatic N) is 1. The molecule has 0 saturated carbocycles. The number of aliphatic hydroxyl groups excluding tert-OH is 1. The Bertz CT molecular complexity index is 449. The van der Waals surface area contributed by atoms with E-state index in [1.807, 2.05) is 0 Å². The van der Waals surface area contributed by atoms with Crippen LogP contribution >= 0.6 is 11.6 Å². The van der Waals surface area contributed by atoms with Gasteiger partial charge in [-0.3, -0.25) is 15.6 Å². The number of aliphatic hydroxyl groups is 1. The van der Waals surface area contributed by atoms with Gasteiger partial charge in [-0.25, -0.2) is 0 Å². The van der Waals surface area contributed by atoms with Crippen LogP contribution in [0.5, 0.6) is 0 Å². The number of benzene rings is 1. The van der Waals surface area contributed by atoms with Crippen LogP contribution in [0.1, 0.15) is 18.1 Å². The summed E-state index contributed by atoms with van der Waals surface area (Å²) in [5.74, 6) is -0.346. The Balaban J connectivity index is 2.00. The summed E-state index contributed by atoms with van der Waals surface area (Å²) in [7, 11) is 1.68. The Morgan fingerprint density at radius 3 is 2.95 bits per heavy atom. The smallest absolute Gasteiger partial charge is 0.255 e. The number of hydrazine groups is 1. The first-order chi connectivity index (χ1) is 9.09. The molecule has 1 amide bonds. The number of hydrogen-bond acceptors (Lipinski definition) is 4.